The molecule has 4 N–H and O–H groups in total. The molecule has 2 atom stereocenters. The van der Waals surface area contributed by atoms with Crippen LogP contribution >= 0.6 is 0 Å². The lowest BCUT2D eigenvalue weighted by molar-refractivity contribution is -0.158. The Hall–Kier alpha value is -2.90. The van der Waals surface area contributed by atoms with Crippen molar-refractivity contribution in [2.75, 3.05) is 0 Å². The van der Waals surface area contributed by atoms with E-state index in [0.29, 0.717) is 0 Å². The molecule has 1 rings (SSSR count). The van der Waals surface area contributed by atoms with Crippen LogP contribution in [0.4, 0.5) is 4.79 Å². The number of esters is 1. The number of nitrogens with one attached hydrogen (secondary N) is 2. The molecule has 1 aromatic carbocycles. The van der Waals surface area contributed by atoms with Crippen molar-refractivity contribution in [3.63, 3.8) is 0 Å². The van der Waals surface area contributed by atoms with Gasteiger partial charge in [0.1, 0.15) is 6.04 Å². The maximum atomic E-state index is 12.2. The van der Waals surface area contributed by atoms with Gasteiger partial charge in [0, 0.05) is 0 Å². The Kier molecular flexibility index (Phi) is 7.58. The fourth-order valence-electron chi connectivity index (χ4n) is 2.03. The van der Waals surface area contributed by atoms with Crippen LogP contribution in [0, 0.1) is 5.92 Å². The van der Waals surface area contributed by atoms with Crippen LogP contribution in [0.5, 0.6) is 0 Å². The summed E-state index contributed by atoms with van der Waals surface area (Å²) in [5, 5.41) is 4.44. The van der Waals surface area contributed by atoms with E-state index in [0.717, 1.165) is 5.56 Å². The standard InChI is InChI=1S/C17H23N3O5/c1-10(2)14(16(23)25-11(3)15(22)20-17(18)24)19-13(21)9-12-7-5-4-6-8-12/h4-8,10-11,14H,9H2,1-3H3,(H,19,21)(H3,18,20,22,24)/t11?,14-/m0/s1. The number of urea groups is 1. The highest BCUT2D eigenvalue weighted by atomic mass is 16.5. The maximum Gasteiger partial charge on any atom is 0.329 e. The van der Waals surface area contributed by atoms with Gasteiger partial charge in [0.05, 0.1) is 6.42 Å². The number of benzene rings is 1. The fraction of sp³-hybridized carbons (Fsp3) is 0.412. The smallest absolute Gasteiger partial charge is 0.329 e. The second kappa shape index (κ2) is 9.41. The number of amides is 4. The zero-order chi connectivity index (χ0) is 19.0. The maximum absolute atomic E-state index is 12.2. The molecule has 0 aliphatic heterocycles. The number of primary amides is 1. The molecule has 0 heterocycles. The van der Waals surface area contributed by atoms with E-state index in [1.54, 1.807) is 26.0 Å². The van der Waals surface area contributed by atoms with Gasteiger partial charge in [0.25, 0.3) is 5.91 Å². The third-order valence-corrected chi connectivity index (χ3v) is 3.35. The summed E-state index contributed by atoms with van der Waals surface area (Å²) < 4.78 is 5.01. The lowest BCUT2D eigenvalue weighted by Gasteiger charge is -2.22. The van der Waals surface area contributed by atoms with Crippen molar-refractivity contribution in [1.29, 1.82) is 0 Å². The van der Waals surface area contributed by atoms with E-state index < -0.39 is 30.1 Å². The van der Waals surface area contributed by atoms with Gasteiger partial charge in [-0.1, -0.05) is 44.2 Å². The Bertz CT molecular complexity index is 630. The number of ether oxygens (including phenoxy) is 1. The molecule has 0 radical (unpaired) electrons. The van der Waals surface area contributed by atoms with Gasteiger partial charge in [-0.2, -0.15) is 0 Å². The first-order valence-corrected chi connectivity index (χ1v) is 7.84. The molecule has 25 heavy (non-hydrogen) atoms. The molecule has 4 amide bonds. The van der Waals surface area contributed by atoms with Crippen molar-refractivity contribution in [3.8, 4) is 0 Å². The summed E-state index contributed by atoms with van der Waals surface area (Å²) >= 11 is 0. The number of hydrogen-bond acceptors (Lipinski definition) is 5. The van der Waals surface area contributed by atoms with Crippen LogP contribution in [-0.4, -0.2) is 36.0 Å². The Balaban J connectivity index is 2.65. The first-order chi connectivity index (χ1) is 11.7. The highest BCUT2D eigenvalue weighted by molar-refractivity contribution is 5.96. The summed E-state index contributed by atoms with van der Waals surface area (Å²) in [6, 6.07) is 7.13. The van der Waals surface area contributed by atoms with Crippen molar-refractivity contribution in [3.05, 3.63) is 35.9 Å². The number of rotatable bonds is 7. The van der Waals surface area contributed by atoms with E-state index in [2.05, 4.69) is 5.32 Å². The third-order valence-electron chi connectivity index (χ3n) is 3.35. The Morgan fingerprint density at radius 1 is 1.08 bits per heavy atom. The minimum atomic E-state index is -1.22. The van der Waals surface area contributed by atoms with Crippen LogP contribution in [0.2, 0.25) is 0 Å². The molecule has 1 unspecified atom stereocenters. The van der Waals surface area contributed by atoms with Gasteiger partial charge in [-0.05, 0) is 18.4 Å². The van der Waals surface area contributed by atoms with Gasteiger partial charge in [-0.25, -0.2) is 9.59 Å². The lowest BCUT2D eigenvalue weighted by atomic mass is 10.0. The predicted octanol–water partition coefficient (Wildman–Crippen LogP) is 0.496. The average Bonchev–Trinajstić information content (AvgIpc) is 2.52. The summed E-state index contributed by atoms with van der Waals surface area (Å²) in [5.74, 6) is -2.18. The first-order valence-electron chi connectivity index (χ1n) is 7.84. The quantitative estimate of drug-likeness (QED) is 0.618. The summed E-state index contributed by atoms with van der Waals surface area (Å²) in [6.07, 6.45) is -1.10. The molecule has 8 heteroatoms. The van der Waals surface area contributed by atoms with Gasteiger partial charge in [-0.3, -0.25) is 14.9 Å². The van der Waals surface area contributed by atoms with Crippen LogP contribution in [0.1, 0.15) is 26.3 Å². The Morgan fingerprint density at radius 2 is 1.68 bits per heavy atom. The fourth-order valence-corrected chi connectivity index (χ4v) is 2.03. The van der Waals surface area contributed by atoms with Gasteiger partial charge >= 0.3 is 12.0 Å². The van der Waals surface area contributed by atoms with Crippen molar-refractivity contribution in [2.24, 2.45) is 11.7 Å². The van der Waals surface area contributed by atoms with E-state index in [-0.39, 0.29) is 18.2 Å². The molecule has 0 saturated carbocycles. The topological polar surface area (TPSA) is 128 Å². The van der Waals surface area contributed by atoms with Crippen molar-refractivity contribution >= 4 is 23.8 Å². The zero-order valence-corrected chi connectivity index (χ0v) is 14.4. The van der Waals surface area contributed by atoms with Crippen LogP contribution in [0.3, 0.4) is 0 Å². The molecule has 0 spiro atoms. The SMILES string of the molecule is CC(OC(=O)[C@@H](NC(=O)Cc1ccccc1)C(C)C)C(=O)NC(N)=O. The van der Waals surface area contributed by atoms with Crippen LogP contribution in [-0.2, 0) is 25.5 Å². The van der Waals surface area contributed by atoms with E-state index >= 15 is 0 Å². The van der Waals surface area contributed by atoms with Crippen LogP contribution < -0.4 is 16.4 Å². The largest absolute Gasteiger partial charge is 0.451 e. The third kappa shape index (κ3) is 7.03. The Labute approximate surface area is 146 Å². The van der Waals surface area contributed by atoms with Crippen molar-refractivity contribution in [2.45, 2.75) is 39.3 Å². The molecule has 136 valence electrons. The second-order valence-electron chi connectivity index (χ2n) is 5.88. The summed E-state index contributed by atoms with van der Waals surface area (Å²) in [4.78, 5) is 46.6. The minimum Gasteiger partial charge on any atom is -0.451 e. The molecule has 8 nitrogen and oxygen atoms in total. The first kappa shape index (κ1) is 20.1. The molecule has 0 bridgehead atoms. The van der Waals surface area contributed by atoms with Gasteiger partial charge < -0.3 is 15.8 Å². The van der Waals surface area contributed by atoms with E-state index in [1.807, 2.05) is 23.5 Å². The number of hydrogen-bond donors (Lipinski definition) is 3. The average molecular weight is 349 g/mol. The van der Waals surface area contributed by atoms with Crippen LogP contribution in [0.25, 0.3) is 0 Å². The van der Waals surface area contributed by atoms with Gasteiger partial charge in [0.15, 0.2) is 6.10 Å². The highest BCUT2D eigenvalue weighted by Gasteiger charge is 2.29. The molecular formula is C17H23N3O5. The minimum absolute atomic E-state index is 0.120. The van der Waals surface area contributed by atoms with E-state index in [4.69, 9.17) is 10.5 Å². The zero-order valence-electron chi connectivity index (χ0n) is 14.4. The monoisotopic (exact) mass is 349 g/mol. The number of imide groups is 1. The summed E-state index contributed by atoms with van der Waals surface area (Å²) in [7, 11) is 0. The molecule has 0 fully saturated rings. The van der Waals surface area contributed by atoms with E-state index in [9.17, 15) is 19.2 Å². The van der Waals surface area contributed by atoms with Gasteiger partial charge in [0.2, 0.25) is 5.91 Å². The van der Waals surface area contributed by atoms with Crippen LogP contribution in [0.15, 0.2) is 30.3 Å². The predicted molar refractivity (Wildman–Crippen MR) is 90.2 cm³/mol. The molecular weight excluding hydrogens is 326 g/mol. The number of nitrogens with two attached hydrogens (primary N) is 1. The van der Waals surface area contributed by atoms with Crippen molar-refractivity contribution in [1.82, 2.24) is 10.6 Å². The molecule has 0 aromatic heterocycles. The molecule has 1 aromatic rings. The number of carbonyl (C=O) groups excluding carboxylic acids is 4. The van der Waals surface area contributed by atoms with Gasteiger partial charge in [-0.15, -0.1) is 0 Å². The van der Waals surface area contributed by atoms with Crippen molar-refractivity contribution < 1.29 is 23.9 Å². The Morgan fingerprint density at radius 3 is 2.20 bits per heavy atom. The normalized spacial score (nSPS) is 12.8. The van der Waals surface area contributed by atoms with E-state index in [1.165, 1.54) is 6.92 Å². The molecule has 0 aliphatic carbocycles. The lowest BCUT2D eigenvalue weighted by Crippen LogP contribution is -2.49. The molecule has 0 aliphatic rings. The highest BCUT2D eigenvalue weighted by Crippen LogP contribution is 2.08. The second-order valence-corrected chi connectivity index (χ2v) is 5.88. The summed E-state index contributed by atoms with van der Waals surface area (Å²) in [5.41, 5.74) is 5.65. The summed E-state index contributed by atoms with van der Waals surface area (Å²) in [6.45, 7) is 4.78. The molecule has 0 saturated heterocycles. The number of carbonyl (C=O) groups is 4.